The Kier molecular flexibility index (Phi) is 3.57. The van der Waals surface area contributed by atoms with Gasteiger partial charge in [0.1, 0.15) is 0 Å². The summed E-state index contributed by atoms with van der Waals surface area (Å²) in [5.74, 6) is 0. The molecule has 1 rings (SSSR count). The van der Waals surface area contributed by atoms with Crippen molar-refractivity contribution < 1.29 is 13.6 Å². The van der Waals surface area contributed by atoms with Crippen molar-refractivity contribution in [1.29, 1.82) is 0 Å². The highest BCUT2D eigenvalue weighted by atomic mass is 31.2. The van der Waals surface area contributed by atoms with E-state index in [-0.39, 0.29) is 6.10 Å². The highest BCUT2D eigenvalue weighted by Crippen LogP contribution is 2.43. The van der Waals surface area contributed by atoms with E-state index in [0.717, 1.165) is 19.6 Å². The molecule has 1 aliphatic heterocycles. The summed E-state index contributed by atoms with van der Waals surface area (Å²) < 4.78 is 15.7. The van der Waals surface area contributed by atoms with E-state index in [2.05, 4.69) is 0 Å². The summed E-state index contributed by atoms with van der Waals surface area (Å²) in [6.45, 7) is 5.50. The largest absolute Gasteiger partial charge is 0.332 e. The maximum atomic E-state index is 5.31. The Morgan fingerprint density at radius 1 is 1.30 bits per heavy atom. The maximum Gasteiger partial charge on any atom is 0.332 e. The van der Waals surface area contributed by atoms with Crippen molar-refractivity contribution in [3.8, 4) is 0 Å². The molecule has 0 radical (unpaired) electrons. The second-order valence-corrected chi connectivity index (χ2v) is 3.57. The lowest BCUT2D eigenvalue weighted by atomic mass is 10.5. The van der Waals surface area contributed by atoms with Crippen LogP contribution in [-0.4, -0.2) is 19.3 Å². The molecule has 0 N–H and O–H groups in total. The van der Waals surface area contributed by atoms with Gasteiger partial charge in [0.2, 0.25) is 0 Å². The Bertz CT molecular complexity index is 91.0. The van der Waals surface area contributed by atoms with Crippen molar-refractivity contribution in [2.24, 2.45) is 0 Å². The molecular weight excluding hydrogens is 151 g/mol. The zero-order chi connectivity index (χ0) is 7.40. The van der Waals surface area contributed by atoms with E-state index >= 15 is 0 Å². The summed E-state index contributed by atoms with van der Waals surface area (Å²) in [7, 11) is -1.01. The molecule has 0 spiro atoms. The van der Waals surface area contributed by atoms with Gasteiger partial charge in [-0.25, -0.2) is 0 Å². The van der Waals surface area contributed by atoms with E-state index in [1.807, 2.05) is 13.8 Å². The van der Waals surface area contributed by atoms with Crippen LogP contribution < -0.4 is 0 Å². The Morgan fingerprint density at radius 2 is 1.90 bits per heavy atom. The average Bonchev–Trinajstić information content (AvgIpc) is 1.88. The highest BCUT2D eigenvalue weighted by Gasteiger charge is 2.17. The van der Waals surface area contributed by atoms with Gasteiger partial charge in [0.15, 0.2) is 0 Å². The summed E-state index contributed by atoms with van der Waals surface area (Å²) in [6.07, 6.45) is 1.18. The molecule has 3 nitrogen and oxygen atoms in total. The Balaban J connectivity index is 2.13. The molecule has 1 heterocycles. The van der Waals surface area contributed by atoms with Crippen LogP contribution >= 0.6 is 8.60 Å². The summed E-state index contributed by atoms with van der Waals surface area (Å²) in [5, 5.41) is 0. The summed E-state index contributed by atoms with van der Waals surface area (Å²) >= 11 is 0. The van der Waals surface area contributed by atoms with Crippen LogP contribution in [0, 0.1) is 0 Å². The van der Waals surface area contributed by atoms with Gasteiger partial charge in [0, 0.05) is 0 Å². The predicted molar refractivity (Wildman–Crippen MR) is 39.7 cm³/mol. The maximum absolute atomic E-state index is 5.31. The van der Waals surface area contributed by atoms with Crippen molar-refractivity contribution in [3.05, 3.63) is 0 Å². The van der Waals surface area contributed by atoms with Gasteiger partial charge in [-0.15, -0.1) is 0 Å². The van der Waals surface area contributed by atoms with Crippen molar-refractivity contribution in [1.82, 2.24) is 0 Å². The second-order valence-electron chi connectivity index (χ2n) is 2.40. The standard InChI is InChI=1S/C6H13O3P/c1-6(2)9-10-7-4-3-5-8-10/h6H,3-5H2,1-2H3. The zero-order valence-electron chi connectivity index (χ0n) is 6.37. The Morgan fingerprint density at radius 3 is 2.40 bits per heavy atom. The van der Waals surface area contributed by atoms with Crippen molar-refractivity contribution in [3.63, 3.8) is 0 Å². The van der Waals surface area contributed by atoms with Crippen LogP contribution in [0.1, 0.15) is 20.3 Å². The Hall–Kier alpha value is 0.310. The molecule has 0 aromatic carbocycles. The molecule has 0 amide bonds. The van der Waals surface area contributed by atoms with Crippen molar-refractivity contribution >= 4 is 8.60 Å². The molecule has 0 bridgehead atoms. The first-order valence-electron chi connectivity index (χ1n) is 3.52. The minimum atomic E-state index is -1.01. The van der Waals surface area contributed by atoms with Crippen LogP contribution in [0.15, 0.2) is 0 Å². The van der Waals surface area contributed by atoms with Crippen LogP contribution in [0.5, 0.6) is 0 Å². The van der Waals surface area contributed by atoms with E-state index in [9.17, 15) is 0 Å². The van der Waals surface area contributed by atoms with Crippen molar-refractivity contribution in [2.75, 3.05) is 13.2 Å². The second kappa shape index (κ2) is 4.24. The summed E-state index contributed by atoms with van der Waals surface area (Å²) in [5.41, 5.74) is 0. The van der Waals surface area contributed by atoms with Crippen LogP contribution in [0.2, 0.25) is 0 Å². The molecule has 10 heavy (non-hydrogen) atoms. The minimum absolute atomic E-state index is 0.198. The summed E-state index contributed by atoms with van der Waals surface area (Å²) in [4.78, 5) is 0. The molecule has 0 aromatic rings. The monoisotopic (exact) mass is 164 g/mol. The van der Waals surface area contributed by atoms with Gasteiger partial charge >= 0.3 is 8.60 Å². The molecule has 0 atom stereocenters. The first kappa shape index (κ1) is 8.41. The molecule has 1 fully saturated rings. The fourth-order valence-electron chi connectivity index (χ4n) is 0.607. The smallest absolute Gasteiger partial charge is 0.312 e. The number of hydrogen-bond acceptors (Lipinski definition) is 3. The fourth-order valence-corrected chi connectivity index (χ4v) is 1.70. The molecule has 60 valence electrons. The van der Waals surface area contributed by atoms with Crippen LogP contribution in [0.25, 0.3) is 0 Å². The quantitative estimate of drug-likeness (QED) is 0.585. The molecular formula is C6H13O3P. The van der Waals surface area contributed by atoms with Gasteiger partial charge in [-0.3, -0.25) is 0 Å². The lowest BCUT2D eigenvalue weighted by molar-refractivity contribution is 0.0971. The molecule has 0 saturated carbocycles. The molecule has 1 aliphatic rings. The van der Waals surface area contributed by atoms with E-state index in [0.29, 0.717) is 0 Å². The topological polar surface area (TPSA) is 27.7 Å². The minimum Gasteiger partial charge on any atom is -0.312 e. The normalized spacial score (nSPS) is 21.9. The Labute approximate surface area is 62.7 Å². The third-order valence-corrected chi connectivity index (χ3v) is 2.36. The molecule has 0 aliphatic carbocycles. The van der Waals surface area contributed by atoms with E-state index in [4.69, 9.17) is 13.6 Å². The summed E-state index contributed by atoms with van der Waals surface area (Å²) in [6, 6.07) is 0. The van der Waals surface area contributed by atoms with Gasteiger partial charge in [-0.05, 0) is 20.3 Å². The fraction of sp³-hybridized carbons (Fsp3) is 1.00. The van der Waals surface area contributed by atoms with Gasteiger partial charge < -0.3 is 13.6 Å². The van der Waals surface area contributed by atoms with Gasteiger partial charge in [-0.1, -0.05) is 0 Å². The molecule has 1 saturated heterocycles. The average molecular weight is 164 g/mol. The first-order chi connectivity index (χ1) is 4.79. The van der Waals surface area contributed by atoms with E-state index in [1.165, 1.54) is 0 Å². The van der Waals surface area contributed by atoms with Gasteiger partial charge in [-0.2, -0.15) is 0 Å². The first-order valence-corrected chi connectivity index (χ1v) is 4.61. The third kappa shape index (κ3) is 2.93. The van der Waals surface area contributed by atoms with Crippen LogP contribution in [0.4, 0.5) is 0 Å². The lowest BCUT2D eigenvalue weighted by Crippen LogP contribution is -2.09. The van der Waals surface area contributed by atoms with Crippen LogP contribution in [0.3, 0.4) is 0 Å². The highest BCUT2D eigenvalue weighted by molar-refractivity contribution is 7.41. The SMILES string of the molecule is CC(C)OP1OCCCO1. The van der Waals surface area contributed by atoms with Crippen molar-refractivity contribution in [2.45, 2.75) is 26.4 Å². The van der Waals surface area contributed by atoms with Gasteiger partial charge in [0.05, 0.1) is 19.3 Å². The predicted octanol–water partition coefficient (Wildman–Crippen LogP) is 2.08. The third-order valence-electron chi connectivity index (χ3n) is 0.979. The molecule has 4 heteroatoms. The van der Waals surface area contributed by atoms with E-state index in [1.54, 1.807) is 0 Å². The molecule has 0 aromatic heterocycles. The number of hydrogen-bond donors (Lipinski definition) is 0. The molecule has 0 unspecified atom stereocenters. The zero-order valence-corrected chi connectivity index (χ0v) is 7.27. The van der Waals surface area contributed by atoms with Crippen LogP contribution in [-0.2, 0) is 13.6 Å². The lowest BCUT2D eigenvalue weighted by Gasteiger charge is -2.22. The number of rotatable bonds is 2. The van der Waals surface area contributed by atoms with Gasteiger partial charge in [0.25, 0.3) is 0 Å². The van der Waals surface area contributed by atoms with E-state index < -0.39 is 8.60 Å².